The molecule has 100 valence electrons. The molecular formula is C13H6Cl2FN3O. The summed E-state index contributed by atoms with van der Waals surface area (Å²) in [5.41, 5.74) is 0.912. The largest absolute Gasteiger partial charge is 0.334 e. The molecule has 0 spiro atoms. The summed E-state index contributed by atoms with van der Waals surface area (Å²) in [7, 11) is 0. The summed E-state index contributed by atoms with van der Waals surface area (Å²) < 4.78 is 18.4. The van der Waals surface area contributed by atoms with Crippen LogP contribution < -0.4 is 0 Å². The standard InChI is InChI=1S/C13H6Cl2FN3O/c14-8-1-2-11(17-6-8)12-18-13(20-19-12)7-3-9(15)5-10(16)4-7/h1-6H. The van der Waals surface area contributed by atoms with E-state index in [1.807, 2.05) is 0 Å². The summed E-state index contributed by atoms with van der Waals surface area (Å²) in [4.78, 5) is 8.23. The maximum absolute atomic E-state index is 13.3. The van der Waals surface area contributed by atoms with Gasteiger partial charge in [0.05, 0.1) is 5.02 Å². The molecule has 2 heterocycles. The number of pyridine rings is 1. The fourth-order valence-corrected chi connectivity index (χ4v) is 1.96. The van der Waals surface area contributed by atoms with Gasteiger partial charge in [0, 0.05) is 16.8 Å². The number of hydrogen-bond acceptors (Lipinski definition) is 4. The summed E-state index contributed by atoms with van der Waals surface area (Å²) in [5, 5.41) is 4.56. The molecule has 0 fully saturated rings. The summed E-state index contributed by atoms with van der Waals surface area (Å²) in [6, 6.07) is 7.33. The van der Waals surface area contributed by atoms with E-state index < -0.39 is 5.82 Å². The number of rotatable bonds is 2. The Morgan fingerprint density at radius 3 is 2.60 bits per heavy atom. The molecule has 0 saturated carbocycles. The van der Waals surface area contributed by atoms with Gasteiger partial charge in [-0.05, 0) is 30.3 Å². The Bertz CT molecular complexity index is 738. The highest BCUT2D eigenvalue weighted by atomic mass is 35.5. The molecule has 4 nitrogen and oxygen atoms in total. The molecule has 0 bridgehead atoms. The lowest BCUT2D eigenvalue weighted by molar-refractivity contribution is 0.432. The summed E-state index contributed by atoms with van der Waals surface area (Å²) >= 11 is 11.5. The Morgan fingerprint density at radius 2 is 1.90 bits per heavy atom. The molecule has 0 radical (unpaired) electrons. The Hall–Kier alpha value is -1.98. The number of halogens is 3. The van der Waals surface area contributed by atoms with E-state index in [0.29, 0.717) is 16.3 Å². The van der Waals surface area contributed by atoms with E-state index >= 15 is 0 Å². The van der Waals surface area contributed by atoms with Gasteiger partial charge in [-0.1, -0.05) is 28.4 Å². The average molecular weight is 310 g/mol. The van der Waals surface area contributed by atoms with Crippen molar-refractivity contribution in [2.75, 3.05) is 0 Å². The van der Waals surface area contributed by atoms with Crippen LogP contribution in [0.25, 0.3) is 23.0 Å². The first kappa shape index (κ1) is 13.0. The van der Waals surface area contributed by atoms with Crippen LogP contribution in [0.5, 0.6) is 0 Å². The molecule has 0 N–H and O–H groups in total. The van der Waals surface area contributed by atoms with E-state index in [4.69, 9.17) is 27.7 Å². The van der Waals surface area contributed by atoms with E-state index in [-0.39, 0.29) is 16.7 Å². The maximum atomic E-state index is 13.3. The Morgan fingerprint density at radius 1 is 1.05 bits per heavy atom. The number of hydrogen-bond donors (Lipinski definition) is 0. The highest BCUT2D eigenvalue weighted by Gasteiger charge is 2.13. The zero-order valence-corrected chi connectivity index (χ0v) is 11.4. The summed E-state index contributed by atoms with van der Waals surface area (Å²) in [6.07, 6.45) is 1.48. The Balaban J connectivity index is 1.99. The number of aromatic nitrogens is 3. The molecule has 0 unspecified atom stereocenters. The highest BCUT2D eigenvalue weighted by molar-refractivity contribution is 6.31. The minimum atomic E-state index is -0.475. The molecule has 2 aromatic heterocycles. The van der Waals surface area contributed by atoms with E-state index in [1.54, 1.807) is 12.1 Å². The van der Waals surface area contributed by atoms with Crippen LogP contribution in [0.1, 0.15) is 0 Å². The number of benzene rings is 1. The second kappa shape index (κ2) is 5.19. The van der Waals surface area contributed by atoms with Crippen LogP contribution in [-0.2, 0) is 0 Å². The van der Waals surface area contributed by atoms with Crippen molar-refractivity contribution in [2.45, 2.75) is 0 Å². The van der Waals surface area contributed by atoms with Crippen LogP contribution in [0.4, 0.5) is 4.39 Å². The van der Waals surface area contributed by atoms with Crippen molar-refractivity contribution in [1.29, 1.82) is 0 Å². The molecule has 3 rings (SSSR count). The van der Waals surface area contributed by atoms with Crippen molar-refractivity contribution < 1.29 is 8.91 Å². The van der Waals surface area contributed by atoms with Gasteiger partial charge in [-0.25, -0.2) is 4.39 Å². The van der Waals surface area contributed by atoms with Crippen LogP contribution in [0.3, 0.4) is 0 Å². The van der Waals surface area contributed by atoms with Crippen LogP contribution in [0.2, 0.25) is 10.0 Å². The van der Waals surface area contributed by atoms with Crippen molar-refractivity contribution in [1.82, 2.24) is 15.1 Å². The third kappa shape index (κ3) is 2.64. The van der Waals surface area contributed by atoms with Crippen molar-refractivity contribution in [3.8, 4) is 23.0 Å². The monoisotopic (exact) mass is 309 g/mol. The smallest absolute Gasteiger partial charge is 0.258 e. The Kier molecular flexibility index (Phi) is 3.38. The molecule has 0 amide bonds. The van der Waals surface area contributed by atoms with Crippen LogP contribution in [0, 0.1) is 5.82 Å². The van der Waals surface area contributed by atoms with Crippen molar-refractivity contribution in [3.63, 3.8) is 0 Å². The second-order valence-corrected chi connectivity index (χ2v) is 4.82. The van der Waals surface area contributed by atoms with E-state index in [0.717, 1.165) is 0 Å². The number of nitrogens with zero attached hydrogens (tertiary/aromatic N) is 3. The summed E-state index contributed by atoms with van der Waals surface area (Å²) in [5.74, 6) is -0.0212. The third-order valence-electron chi connectivity index (χ3n) is 2.49. The van der Waals surface area contributed by atoms with E-state index in [1.165, 1.54) is 24.4 Å². The second-order valence-electron chi connectivity index (χ2n) is 3.94. The topological polar surface area (TPSA) is 51.8 Å². The quantitative estimate of drug-likeness (QED) is 0.710. The fourth-order valence-electron chi connectivity index (χ4n) is 1.63. The average Bonchev–Trinajstić information content (AvgIpc) is 2.88. The molecule has 0 aliphatic rings. The molecular weight excluding hydrogens is 304 g/mol. The van der Waals surface area contributed by atoms with Gasteiger partial charge in [-0.3, -0.25) is 4.98 Å². The van der Waals surface area contributed by atoms with Gasteiger partial charge in [-0.15, -0.1) is 0 Å². The third-order valence-corrected chi connectivity index (χ3v) is 2.93. The molecule has 0 aliphatic carbocycles. The van der Waals surface area contributed by atoms with Gasteiger partial charge in [-0.2, -0.15) is 4.98 Å². The first-order valence-electron chi connectivity index (χ1n) is 5.54. The maximum Gasteiger partial charge on any atom is 0.258 e. The SMILES string of the molecule is Fc1cc(Cl)cc(-c2nc(-c3ccc(Cl)cn3)no2)c1. The van der Waals surface area contributed by atoms with Gasteiger partial charge in [0.2, 0.25) is 5.82 Å². The zero-order chi connectivity index (χ0) is 14.1. The molecule has 20 heavy (non-hydrogen) atoms. The minimum absolute atomic E-state index is 0.165. The van der Waals surface area contributed by atoms with Gasteiger partial charge in [0.1, 0.15) is 11.5 Å². The van der Waals surface area contributed by atoms with Crippen molar-refractivity contribution in [3.05, 3.63) is 52.4 Å². The molecule has 7 heteroatoms. The normalized spacial score (nSPS) is 10.8. The summed E-state index contributed by atoms with van der Waals surface area (Å²) in [6.45, 7) is 0. The van der Waals surface area contributed by atoms with Gasteiger partial charge in [0.25, 0.3) is 5.89 Å². The van der Waals surface area contributed by atoms with Gasteiger partial charge in [0.15, 0.2) is 0 Å². The van der Waals surface area contributed by atoms with Crippen LogP contribution in [0.15, 0.2) is 41.1 Å². The predicted molar refractivity (Wildman–Crippen MR) is 72.9 cm³/mol. The molecule has 0 saturated heterocycles. The van der Waals surface area contributed by atoms with Crippen LogP contribution in [-0.4, -0.2) is 15.1 Å². The molecule has 1 aromatic carbocycles. The lowest BCUT2D eigenvalue weighted by atomic mass is 10.2. The van der Waals surface area contributed by atoms with Crippen LogP contribution >= 0.6 is 23.2 Å². The van der Waals surface area contributed by atoms with E-state index in [9.17, 15) is 4.39 Å². The van der Waals surface area contributed by atoms with Gasteiger partial charge < -0.3 is 4.52 Å². The highest BCUT2D eigenvalue weighted by Crippen LogP contribution is 2.25. The van der Waals surface area contributed by atoms with Crippen molar-refractivity contribution >= 4 is 23.2 Å². The van der Waals surface area contributed by atoms with Gasteiger partial charge >= 0.3 is 0 Å². The minimum Gasteiger partial charge on any atom is -0.334 e. The lowest BCUT2D eigenvalue weighted by Gasteiger charge is -1.96. The fraction of sp³-hybridized carbons (Fsp3) is 0. The van der Waals surface area contributed by atoms with Crippen molar-refractivity contribution in [2.24, 2.45) is 0 Å². The lowest BCUT2D eigenvalue weighted by Crippen LogP contribution is -1.85. The molecule has 0 aliphatic heterocycles. The molecule has 0 atom stereocenters. The first-order chi connectivity index (χ1) is 9.61. The Labute approximate surface area is 123 Å². The zero-order valence-electron chi connectivity index (χ0n) is 9.85. The molecule has 3 aromatic rings. The first-order valence-corrected chi connectivity index (χ1v) is 6.29. The van der Waals surface area contributed by atoms with E-state index in [2.05, 4.69) is 15.1 Å². The predicted octanol–water partition coefficient (Wildman–Crippen LogP) is 4.24.